The Labute approximate surface area is 155 Å². The molecule has 0 amide bonds. The number of β-amino-alcohol motifs (C(OH)–C–C–N with tert-alkyl or cyclic N) is 1. The number of halogens is 3. The van der Waals surface area contributed by atoms with Crippen molar-refractivity contribution in [3.8, 4) is 0 Å². The van der Waals surface area contributed by atoms with Gasteiger partial charge in [-0.2, -0.15) is 13.2 Å². The molecule has 0 spiro atoms. The molecule has 6 nitrogen and oxygen atoms in total. The molecule has 0 aromatic heterocycles. The van der Waals surface area contributed by atoms with Crippen LogP contribution in [0.3, 0.4) is 0 Å². The van der Waals surface area contributed by atoms with Gasteiger partial charge in [-0.15, -0.1) is 0 Å². The first-order valence-corrected chi connectivity index (χ1v) is 9.02. The van der Waals surface area contributed by atoms with Crippen molar-refractivity contribution in [2.75, 3.05) is 37.7 Å². The molecule has 2 aliphatic rings. The lowest BCUT2D eigenvalue weighted by molar-refractivity contribution is -0.147. The van der Waals surface area contributed by atoms with Crippen molar-refractivity contribution in [3.63, 3.8) is 0 Å². The molecule has 2 saturated heterocycles. The Hall–Kier alpha value is -1.39. The van der Waals surface area contributed by atoms with Crippen molar-refractivity contribution < 1.29 is 33.6 Å². The Morgan fingerprint density at radius 1 is 1.04 bits per heavy atom. The SMILES string of the molecule is OC[C@@H]1[C@@H](O)[C@H](O)[C@@H](O)CN1C[C@H]1CCN(c2ccccc2C(F)(F)F)C1. The van der Waals surface area contributed by atoms with Crippen molar-refractivity contribution >= 4 is 5.69 Å². The lowest BCUT2D eigenvalue weighted by atomic mass is 9.93. The molecule has 0 radical (unpaired) electrons. The van der Waals surface area contributed by atoms with Crippen LogP contribution >= 0.6 is 0 Å². The van der Waals surface area contributed by atoms with E-state index in [-0.39, 0.29) is 24.8 Å². The van der Waals surface area contributed by atoms with E-state index in [4.69, 9.17) is 0 Å². The van der Waals surface area contributed by atoms with Gasteiger partial charge >= 0.3 is 6.18 Å². The largest absolute Gasteiger partial charge is 0.418 e. The van der Waals surface area contributed by atoms with Gasteiger partial charge in [-0.3, -0.25) is 4.90 Å². The number of hydrogen-bond acceptors (Lipinski definition) is 6. The highest BCUT2D eigenvalue weighted by Gasteiger charge is 2.42. The average molecular weight is 390 g/mol. The molecular weight excluding hydrogens is 365 g/mol. The number of nitrogens with zero attached hydrogens (tertiary/aromatic N) is 2. The number of para-hydroxylation sites is 1. The summed E-state index contributed by atoms with van der Waals surface area (Å²) in [5.74, 6) is 0.0231. The van der Waals surface area contributed by atoms with Crippen LogP contribution in [0.2, 0.25) is 0 Å². The second kappa shape index (κ2) is 7.92. The second-order valence-corrected chi connectivity index (χ2v) is 7.37. The van der Waals surface area contributed by atoms with Gasteiger partial charge in [0.05, 0.1) is 24.3 Å². The van der Waals surface area contributed by atoms with E-state index in [0.29, 0.717) is 26.1 Å². The van der Waals surface area contributed by atoms with Crippen LogP contribution in [0.5, 0.6) is 0 Å². The molecule has 0 unspecified atom stereocenters. The number of benzene rings is 1. The molecule has 5 atom stereocenters. The van der Waals surface area contributed by atoms with Crippen molar-refractivity contribution in [1.29, 1.82) is 0 Å². The molecule has 1 aromatic carbocycles. The second-order valence-electron chi connectivity index (χ2n) is 7.37. The van der Waals surface area contributed by atoms with E-state index in [2.05, 4.69) is 0 Å². The smallest absolute Gasteiger partial charge is 0.395 e. The summed E-state index contributed by atoms with van der Waals surface area (Å²) in [7, 11) is 0. The third-order valence-corrected chi connectivity index (χ3v) is 5.54. The van der Waals surface area contributed by atoms with Gasteiger partial charge in [-0.25, -0.2) is 0 Å². The molecule has 4 N–H and O–H groups in total. The molecule has 3 rings (SSSR count). The standard InChI is InChI=1S/C18H25F3N2O4/c19-18(20,21)12-3-1-2-4-13(12)22-6-5-11(7-22)8-23-9-15(25)17(27)16(26)14(23)10-24/h1-4,11,14-17,24-27H,5-10H2/t11-,14+,15-,16+,17+/m0/s1. The van der Waals surface area contributed by atoms with Gasteiger partial charge in [0.25, 0.3) is 0 Å². The summed E-state index contributed by atoms with van der Waals surface area (Å²) in [5.41, 5.74) is -0.508. The zero-order chi connectivity index (χ0) is 19.8. The molecule has 2 heterocycles. The van der Waals surface area contributed by atoms with Crippen molar-refractivity contribution in [2.45, 2.75) is 37.0 Å². The third-order valence-electron chi connectivity index (χ3n) is 5.54. The summed E-state index contributed by atoms with van der Waals surface area (Å²) in [6.45, 7) is 1.02. The number of aliphatic hydroxyl groups is 4. The minimum absolute atomic E-state index is 0.0231. The number of anilines is 1. The molecule has 2 fully saturated rings. The maximum atomic E-state index is 13.2. The van der Waals surface area contributed by atoms with Gasteiger partial charge in [0.15, 0.2) is 0 Å². The van der Waals surface area contributed by atoms with E-state index in [1.54, 1.807) is 15.9 Å². The highest BCUT2D eigenvalue weighted by Crippen LogP contribution is 2.38. The van der Waals surface area contributed by atoms with Gasteiger partial charge in [0.2, 0.25) is 0 Å². The van der Waals surface area contributed by atoms with Crippen LogP contribution in [0, 0.1) is 5.92 Å². The maximum absolute atomic E-state index is 13.2. The summed E-state index contributed by atoms with van der Waals surface area (Å²) in [6.07, 6.45) is -7.49. The van der Waals surface area contributed by atoms with Gasteiger partial charge < -0.3 is 25.3 Å². The lowest BCUT2D eigenvalue weighted by Gasteiger charge is -2.44. The topological polar surface area (TPSA) is 87.4 Å². The fourth-order valence-corrected chi connectivity index (χ4v) is 4.11. The Balaban J connectivity index is 1.69. The quantitative estimate of drug-likeness (QED) is 0.591. The van der Waals surface area contributed by atoms with E-state index < -0.39 is 36.1 Å². The first-order valence-electron chi connectivity index (χ1n) is 9.02. The predicted octanol–water partition coefficient (Wildman–Crippen LogP) is 0.291. The van der Waals surface area contributed by atoms with E-state index in [0.717, 1.165) is 6.07 Å². The van der Waals surface area contributed by atoms with Crippen LogP contribution in [0.4, 0.5) is 18.9 Å². The van der Waals surface area contributed by atoms with Gasteiger partial charge in [0, 0.05) is 31.9 Å². The Bertz CT molecular complexity index is 645. The van der Waals surface area contributed by atoms with Crippen LogP contribution in [0.1, 0.15) is 12.0 Å². The summed E-state index contributed by atoms with van der Waals surface area (Å²) >= 11 is 0. The molecule has 2 aliphatic heterocycles. The molecule has 1 aromatic rings. The van der Waals surface area contributed by atoms with Crippen molar-refractivity contribution in [2.24, 2.45) is 5.92 Å². The van der Waals surface area contributed by atoms with E-state index >= 15 is 0 Å². The zero-order valence-corrected chi connectivity index (χ0v) is 14.8. The Morgan fingerprint density at radius 2 is 1.74 bits per heavy atom. The van der Waals surface area contributed by atoms with Crippen molar-refractivity contribution in [1.82, 2.24) is 4.90 Å². The molecule has 27 heavy (non-hydrogen) atoms. The third kappa shape index (κ3) is 4.22. The maximum Gasteiger partial charge on any atom is 0.418 e. The first-order chi connectivity index (χ1) is 12.7. The van der Waals surface area contributed by atoms with Gasteiger partial charge in [-0.05, 0) is 24.5 Å². The summed E-state index contributed by atoms with van der Waals surface area (Å²) in [4.78, 5) is 3.42. The van der Waals surface area contributed by atoms with Crippen LogP contribution in [-0.4, -0.2) is 82.5 Å². The Kier molecular flexibility index (Phi) is 5.97. The molecular formula is C18H25F3N2O4. The number of likely N-dealkylation sites (tertiary alicyclic amines) is 1. The summed E-state index contributed by atoms with van der Waals surface area (Å²) in [6, 6.07) is 4.78. The molecule has 152 valence electrons. The number of alkyl halides is 3. The molecule has 0 saturated carbocycles. The fourth-order valence-electron chi connectivity index (χ4n) is 4.11. The molecule has 0 aliphatic carbocycles. The van der Waals surface area contributed by atoms with Gasteiger partial charge in [0.1, 0.15) is 12.2 Å². The zero-order valence-electron chi connectivity index (χ0n) is 14.8. The van der Waals surface area contributed by atoms with Crippen LogP contribution in [0.25, 0.3) is 0 Å². The summed E-state index contributed by atoms with van der Waals surface area (Å²) < 4.78 is 39.7. The lowest BCUT2D eigenvalue weighted by Crippen LogP contribution is -2.63. The van der Waals surface area contributed by atoms with E-state index in [1.165, 1.54) is 12.1 Å². The Morgan fingerprint density at radius 3 is 2.41 bits per heavy atom. The number of rotatable bonds is 4. The fraction of sp³-hybridized carbons (Fsp3) is 0.667. The first kappa shape index (κ1) is 20.3. The van der Waals surface area contributed by atoms with Crippen LogP contribution < -0.4 is 4.90 Å². The number of piperidine rings is 1. The predicted molar refractivity (Wildman–Crippen MR) is 92.2 cm³/mol. The number of hydrogen-bond donors (Lipinski definition) is 4. The number of aliphatic hydroxyl groups excluding tert-OH is 4. The molecule has 0 bridgehead atoms. The molecule has 9 heteroatoms. The van der Waals surface area contributed by atoms with E-state index in [1.807, 2.05) is 0 Å². The minimum atomic E-state index is -4.42. The van der Waals surface area contributed by atoms with Crippen molar-refractivity contribution in [3.05, 3.63) is 29.8 Å². The highest BCUT2D eigenvalue weighted by atomic mass is 19.4. The van der Waals surface area contributed by atoms with E-state index in [9.17, 15) is 33.6 Å². The highest BCUT2D eigenvalue weighted by molar-refractivity contribution is 5.55. The van der Waals surface area contributed by atoms with Gasteiger partial charge in [-0.1, -0.05) is 12.1 Å². The van der Waals surface area contributed by atoms with Crippen LogP contribution in [0.15, 0.2) is 24.3 Å². The monoisotopic (exact) mass is 390 g/mol. The normalized spacial score (nSPS) is 32.9. The van der Waals surface area contributed by atoms with Crippen LogP contribution in [-0.2, 0) is 6.18 Å². The summed E-state index contributed by atoms with van der Waals surface area (Å²) in [5, 5.41) is 39.3. The minimum Gasteiger partial charge on any atom is -0.395 e. The average Bonchev–Trinajstić information content (AvgIpc) is 3.08.